The number of nitrogens with zero attached hydrogens (tertiary/aromatic N) is 2. The average molecular weight is 566 g/mol. The highest BCUT2D eigenvalue weighted by molar-refractivity contribution is 5.99. The Hall–Kier alpha value is -2.85. The number of fused-ring (bicyclic) bond motifs is 1. The number of hydrogen-bond acceptors (Lipinski definition) is 8. The molecule has 5 rings (SSSR count). The monoisotopic (exact) mass is 565 g/mol. The fraction of sp³-hybridized carbons (Fsp3) is 0.594. The zero-order chi connectivity index (χ0) is 29.1. The quantitative estimate of drug-likeness (QED) is 0.440. The minimum absolute atomic E-state index is 0.122. The Morgan fingerprint density at radius 2 is 1.98 bits per heavy atom. The van der Waals surface area contributed by atoms with Gasteiger partial charge in [0, 0.05) is 44.7 Å². The van der Waals surface area contributed by atoms with Crippen molar-refractivity contribution in [2.24, 2.45) is 11.8 Å². The molecule has 3 aliphatic rings. The molecule has 1 aromatic carbocycles. The van der Waals surface area contributed by atoms with E-state index >= 15 is 0 Å². The van der Waals surface area contributed by atoms with Gasteiger partial charge in [-0.15, -0.1) is 0 Å². The van der Waals surface area contributed by atoms with Gasteiger partial charge in [0.1, 0.15) is 18.0 Å². The molecule has 1 unspecified atom stereocenters. The summed E-state index contributed by atoms with van der Waals surface area (Å²) in [7, 11) is 0. The van der Waals surface area contributed by atoms with Gasteiger partial charge in [0.15, 0.2) is 5.78 Å². The van der Waals surface area contributed by atoms with E-state index in [1.807, 2.05) is 25.1 Å². The predicted molar refractivity (Wildman–Crippen MR) is 156 cm³/mol. The Labute approximate surface area is 241 Å². The Morgan fingerprint density at radius 1 is 1.22 bits per heavy atom. The molecule has 1 aliphatic carbocycles. The number of nitrogens with one attached hydrogen (secondary N) is 1. The lowest BCUT2D eigenvalue weighted by Crippen LogP contribution is -2.53. The number of benzene rings is 1. The summed E-state index contributed by atoms with van der Waals surface area (Å²) < 4.78 is 18.8. The lowest BCUT2D eigenvalue weighted by atomic mass is 9.98. The van der Waals surface area contributed by atoms with Gasteiger partial charge in [0.2, 0.25) is 0 Å². The van der Waals surface area contributed by atoms with Crippen LogP contribution >= 0.6 is 0 Å². The smallest absolute Gasteiger partial charge is 0.326 e. The van der Waals surface area contributed by atoms with Gasteiger partial charge in [0.25, 0.3) is 0 Å². The second-order valence-electron chi connectivity index (χ2n) is 12.4. The molecule has 0 spiro atoms. The van der Waals surface area contributed by atoms with Gasteiger partial charge in [-0.1, -0.05) is 19.1 Å². The van der Waals surface area contributed by atoms with Crippen LogP contribution < -0.4 is 5.32 Å². The van der Waals surface area contributed by atoms with Crippen LogP contribution in [0.3, 0.4) is 0 Å². The van der Waals surface area contributed by atoms with E-state index in [1.165, 1.54) is 0 Å². The standard InChI is InChI=1S/C32H43N3O6/c1-20-13-24(15-21(2)28(36)14-20)30-34-26-16-23(5-6-27(26)35(30)18-22-7-10-39-11-8-22)17-33-29(32(3,4)38)31(37)41-25-9-12-40-19-25/h5-6,13,15-16,20,22,25,29,33,38H,7-12,14,17-19H2,1-4H3/t20-,25?,29-/m1/s1. The van der Waals surface area contributed by atoms with Crippen LogP contribution in [0.1, 0.15) is 64.8 Å². The summed E-state index contributed by atoms with van der Waals surface area (Å²) in [5.41, 5.74) is 3.24. The molecule has 9 heteroatoms. The maximum atomic E-state index is 12.9. The molecule has 3 atom stereocenters. The van der Waals surface area contributed by atoms with E-state index in [0.29, 0.717) is 38.5 Å². The Kier molecular flexibility index (Phi) is 9.09. The zero-order valence-electron chi connectivity index (χ0n) is 24.7. The topological polar surface area (TPSA) is 112 Å². The molecular weight excluding hydrogens is 522 g/mol. The van der Waals surface area contributed by atoms with E-state index in [-0.39, 0.29) is 17.8 Å². The number of carbonyl (C=O) groups is 2. The molecule has 2 saturated heterocycles. The van der Waals surface area contributed by atoms with Gasteiger partial charge in [-0.3, -0.25) is 14.9 Å². The molecule has 2 N–H and O–H groups in total. The van der Waals surface area contributed by atoms with Crippen LogP contribution in [-0.4, -0.2) is 70.6 Å². The molecule has 2 fully saturated rings. The minimum atomic E-state index is -1.32. The Balaban J connectivity index is 1.43. The Bertz CT molecular complexity index is 1320. The third-order valence-corrected chi connectivity index (χ3v) is 8.26. The SMILES string of the molecule is CC1=CC(c2nc3cc(CN[C@H](C(=O)OC4CCOC4)C(C)(C)O)ccc3n2CC2CCOCC2)=C[C@@H](C)CC1=O. The van der Waals surface area contributed by atoms with E-state index in [9.17, 15) is 14.7 Å². The molecule has 0 radical (unpaired) electrons. The van der Waals surface area contributed by atoms with Gasteiger partial charge in [0.05, 0.1) is 29.8 Å². The molecule has 0 amide bonds. The van der Waals surface area contributed by atoms with Crippen molar-refractivity contribution in [3.8, 4) is 0 Å². The first-order chi connectivity index (χ1) is 19.6. The number of esters is 1. The molecule has 9 nitrogen and oxygen atoms in total. The van der Waals surface area contributed by atoms with Crippen LogP contribution in [0.15, 0.2) is 35.9 Å². The number of allylic oxidation sites excluding steroid dienone is 4. The van der Waals surface area contributed by atoms with Crippen LogP contribution in [0.5, 0.6) is 0 Å². The number of aliphatic hydroxyl groups is 1. The Morgan fingerprint density at radius 3 is 2.68 bits per heavy atom. The third-order valence-electron chi connectivity index (χ3n) is 8.26. The van der Waals surface area contributed by atoms with Crippen molar-refractivity contribution in [3.05, 3.63) is 47.3 Å². The molecule has 41 heavy (non-hydrogen) atoms. The van der Waals surface area contributed by atoms with Crippen molar-refractivity contribution < 1.29 is 28.9 Å². The zero-order valence-corrected chi connectivity index (χ0v) is 24.7. The molecule has 222 valence electrons. The van der Waals surface area contributed by atoms with Crippen LogP contribution in [-0.2, 0) is 36.9 Å². The number of Topliss-reactive ketones (excluding diaryl/α,β-unsaturated/α-hetero) is 1. The molecule has 2 aliphatic heterocycles. The van der Waals surface area contributed by atoms with E-state index in [4.69, 9.17) is 19.2 Å². The van der Waals surface area contributed by atoms with Crippen molar-refractivity contribution in [3.63, 3.8) is 0 Å². The summed E-state index contributed by atoms with van der Waals surface area (Å²) in [6.45, 7) is 10.9. The molecule has 2 aromatic rings. The van der Waals surface area contributed by atoms with Gasteiger partial charge in [-0.2, -0.15) is 0 Å². The second kappa shape index (κ2) is 12.6. The van der Waals surface area contributed by atoms with Crippen molar-refractivity contribution in [2.75, 3.05) is 26.4 Å². The summed E-state index contributed by atoms with van der Waals surface area (Å²) in [4.78, 5) is 30.6. The van der Waals surface area contributed by atoms with E-state index in [2.05, 4.69) is 29.0 Å². The van der Waals surface area contributed by atoms with Crippen molar-refractivity contribution >= 4 is 28.4 Å². The number of hydrogen-bond donors (Lipinski definition) is 2. The predicted octanol–water partition coefficient (Wildman–Crippen LogP) is 3.96. The fourth-order valence-electron chi connectivity index (χ4n) is 5.88. The van der Waals surface area contributed by atoms with Gasteiger partial charge in [-0.25, -0.2) is 4.98 Å². The molecule has 0 bridgehead atoms. The van der Waals surface area contributed by atoms with Crippen molar-refractivity contribution in [1.82, 2.24) is 14.9 Å². The summed E-state index contributed by atoms with van der Waals surface area (Å²) in [6, 6.07) is 5.25. The summed E-state index contributed by atoms with van der Waals surface area (Å²) in [6.07, 6.45) is 7.03. The minimum Gasteiger partial charge on any atom is -0.459 e. The van der Waals surface area contributed by atoms with E-state index in [1.54, 1.807) is 13.8 Å². The first-order valence-electron chi connectivity index (χ1n) is 14.8. The van der Waals surface area contributed by atoms with E-state index in [0.717, 1.165) is 66.2 Å². The fourth-order valence-corrected chi connectivity index (χ4v) is 5.88. The van der Waals surface area contributed by atoms with Gasteiger partial charge >= 0.3 is 5.97 Å². The van der Waals surface area contributed by atoms with Crippen molar-refractivity contribution in [2.45, 2.75) is 84.2 Å². The lowest BCUT2D eigenvalue weighted by Gasteiger charge is -2.29. The molecular formula is C32H43N3O6. The molecule has 0 saturated carbocycles. The number of aromatic nitrogens is 2. The number of ketones is 1. The highest BCUT2D eigenvalue weighted by Crippen LogP contribution is 2.31. The van der Waals surface area contributed by atoms with Crippen LogP contribution in [0.4, 0.5) is 0 Å². The number of rotatable bonds is 9. The third kappa shape index (κ3) is 7.15. The van der Waals surface area contributed by atoms with Crippen LogP contribution in [0.25, 0.3) is 16.6 Å². The van der Waals surface area contributed by atoms with E-state index < -0.39 is 17.6 Å². The molecule has 3 heterocycles. The largest absolute Gasteiger partial charge is 0.459 e. The highest BCUT2D eigenvalue weighted by atomic mass is 16.6. The lowest BCUT2D eigenvalue weighted by molar-refractivity contribution is -0.157. The maximum absolute atomic E-state index is 12.9. The average Bonchev–Trinajstić information content (AvgIpc) is 3.52. The number of ether oxygens (including phenoxy) is 3. The van der Waals surface area contributed by atoms with Gasteiger partial charge < -0.3 is 23.9 Å². The first-order valence-corrected chi connectivity index (χ1v) is 14.8. The summed E-state index contributed by atoms with van der Waals surface area (Å²) in [5, 5.41) is 14.0. The number of carbonyl (C=O) groups excluding carboxylic acids is 2. The van der Waals surface area contributed by atoms with Gasteiger partial charge in [-0.05, 0) is 74.8 Å². The first kappa shape index (κ1) is 29.6. The van der Waals surface area contributed by atoms with Crippen molar-refractivity contribution in [1.29, 1.82) is 0 Å². The highest BCUT2D eigenvalue weighted by Gasteiger charge is 2.36. The summed E-state index contributed by atoms with van der Waals surface area (Å²) >= 11 is 0. The maximum Gasteiger partial charge on any atom is 0.326 e. The summed E-state index contributed by atoms with van der Waals surface area (Å²) in [5.74, 6) is 1.17. The van der Waals surface area contributed by atoms with Crippen LogP contribution in [0.2, 0.25) is 0 Å². The second-order valence-corrected chi connectivity index (χ2v) is 12.4. The van der Waals surface area contributed by atoms with Crippen LogP contribution in [0, 0.1) is 11.8 Å². The normalized spacial score (nSPS) is 23.3. The number of imidazole rings is 1. The molecule has 1 aromatic heterocycles.